The van der Waals surface area contributed by atoms with Crippen LogP contribution in [0.3, 0.4) is 0 Å². The highest BCUT2D eigenvalue weighted by atomic mass is 31.2. The summed E-state index contributed by atoms with van der Waals surface area (Å²) in [5, 5.41) is 8.79. The molecular formula is C7H17N2O5P. The van der Waals surface area contributed by atoms with Gasteiger partial charge in [-0.2, -0.15) is 0 Å². The zero-order valence-corrected chi connectivity index (χ0v) is 9.43. The van der Waals surface area contributed by atoms with Crippen molar-refractivity contribution in [2.75, 3.05) is 13.1 Å². The van der Waals surface area contributed by atoms with E-state index in [4.69, 9.17) is 20.6 Å². The Labute approximate surface area is 88.0 Å². The lowest BCUT2D eigenvalue weighted by atomic mass is 10.3. The summed E-state index contributed by atoms with van der Waals surface area (Å²) in [5.74, 6) is -1.29. The Morgan fingerprint density at radius 2 is 2.07 bits per heavy atom. The quantitative estimate of drug-likeness (QED) is 0.492. The van der Waals surface area contributed by atoms with Crippen molar-refractivity contribution in [3.8, 4) is 0 Å². The van der Waals surface area contributed by atoms with E-state index < -0.39 is 19.5 Å². The molecule has 8 heteroatoms. The van der Waals surface area contributed by atoms with Crippen LogP contribution in [0.5, 0.6) is 0 Å². The fourth-order valence-electron chi connectivity index (χ4n) is 1.28. The zero-order chi connectivity index (χ0) is 12.1. The van der Waals surface area contributed by atoms with Gasteiger partial charge in [0.2, 0.25) is 0 Å². The van der Waals surface area contributed by atoms with Crippen molar-refractivity contribution in [1.29, 1.82) is 0 Å². The van der Waals surface area contributed by atoms with E-state index in [1.54, 1.807) is 6.92 Å². The molecule has 0 fully saturated rings. The summed E-state index contributed by atoms with van der Waals surface area (Å²) >= 11 is 0. The van der Waals surface area contributed by atoms with E-state index in [1.165, 1.54) is 0 Å². The predicted molar refractivity (Wildman–Crippen MR) is 54.5 cm³/mol. The molecule has 0 aromatic heterocycles. The van der Waals surface area contributed by atoms with Gasteiger partial charge in [0.15, 0.2) is 0 Å². The van der Waals surface area contributed by atoms with E-state index in [1.807, 2.05) is 0 Å². The largest absolute Gasteiger partial charge is 0.465 e. The Kier molecular flexibility index (Phi) is 5.82. The maximum atomic E-state index is 11.1. The molecular weight excluding hydrogens is 223 g/mol. The van der Waals surface area contributed by atoms with Gasteiger partial charge < -0.3 is 20.6 Å². The Balaban J connectivity index is 4.83. The zero-order valence-electron chi connectivity index (χ0n) is 8.54. The predicted octanol–water partition coefficient (Wildman–Crippen LogP) is 0.229. The molecule has 15 heavy (non-hydrogen) atoms. The average molecular weight is 240 g/mol. The Bertz CT molecular complexity index is 254. The van der Waals surface area contributed by atoms with Gasteiger partial charge in [-0.25, -0.2) is 4.79 Å². The van der Waals surface area contributed by atoms with Crippen molar-refractivity contribution >= 4 is 13.7 Å². The van der Waals surface area contributed by atoms with Crippen LogP contribution in [0.4, 0.5) is 4.79 Å². The number of hydrogen-bond donors (Lipinski definition) is 4. The summed E-state index contributed by atoms with van der Waals surface area (Å²) in [6.45, 7) is 1.68. The fraction of sp³-hybridized carbons (Fsp3) is 0.857. The molecule has 0 saturated heterocycles. The molecule has 7 nitrogen and oxygen atoms in total. The maximum absolute atomic E-state index is 11.1. The molecule has 0 saturated carbocycles. The number of rotatable bonds is 6. The SMILES string of the molecule is CCCC(N(CCN)C(=O)O)P(=O)(O)O. The lowest BCUT2D eigenvalue weighted by molar-refractivity contribution is 0.131. The topological polar surface area (TPSA) is 124 Å². The van der Waals surface area contributed by atoms with Crippen LogP contribution in [0.25, 0.3) is 0 Å². The van der Waals surface area contributed by atoms with Gasteiger partial charge in [-0.1, -0.05) is 13.3 Å². The molecule has 0 aromatic carbocycles. The Hall–Kier alpha value is -0.620. The molecule has 0 aromatic rings. The molecule has 1 atom stereocenters. The minimum absolute atomic E-state index is 0.0342. The molecule has 0 bridgehead atoms. The monoisotopic (exact) mass is 240 g/mol. The number of amides is 1. The van der Waals surface area contributed by atoms with Crippen molar-refractivity contribution < 1.29 is 24.3 Å². The highest BCUT2D eigenvalue weighted by Gasteiger charge is 2.35. The van der Waals surface area contributed by atoms with E-state index in [-0.39, 0.29) is 19.5 Å². The molecule has 0 rings (SSSR count). The molecule has 0 aliphatic heterocycles. The number of hydrogen-bond acceptors (Lipinski definition) is 3. The van der Waals surface area contributed by atoms with Crippen LogP contribution >= 0.6 is 7.60 Å². The molecule has 1 amide bonds. The first-order chi connectivity index (χ1) is 6.84. The summed E-state index contributed by atoms with van der Waals surface area (Å²) in [6, 6.07) is 0. The third-order valence-corrected chi connectivity index (χ3v) is 3.22. The summed E-state index contributed by atoms with van der Waals surface area (Å²) < 4.78 is 11.1. The first kappa shape index (κ1) is 14.4. The highest BCUT2D eigenvalue weighted by Crippen LogP contribution is 2.45. The van der Waals surface area contributed by atoms with Crippen LogP contribution in [0.2, 0.25) is 0 Å². The van der Waals surface area contributed by atoms with E-state index in [0.29, 0.717) is 11.3 Å². The molecule has 5 N–H and O–H groups in total. The van der Waals surface area contributed by atoms with Crippen LogP contribution in [0, 0.1) is 0 Å². The fourth-order valence-corrected chi connectivity index (χ4v) is 2.45. The van der Waals surface area contributed by atoms with E-state index in [0.717, 1.165) is 0 Å². The van der Waals surface area contributed by atoms with Crippen LogP contribution in [0.1, 0.15) is 19.8 Å². The van der Waals surface area contributed by atoms with Crippen LogP contribution < -0.4 is 5.73 Å². The van der Waals surface area contributed by atoms with Gasteiger partial charge >= 0.3 is 13.7 Å². The Morgan fingerprint density at radius 3 is 2.33 bits per heavy atom. The van der Waals surface area contributed by atoms with Crippen molar-refractivity contribution in [1.82, 2.24) is 4.90 Å². The number of carbonyl (C=O) groups is 1. The molecule has 1 unspecified atom stereocenters. The van der Waals surface area contributed by atoms with E-state index >= 15 is 0 Å². The van der Waals surface area contributed by atoms with E-state index in [2.05, 4.69) is 0 Å². The van der Waals surface area contributed by atoms with Crippen molar-refractivity contribution in [2.45, 2.75) is 25.5 Å². The molecule has 0 radical (unpaired) electrons. The Morgan fingerprint density at radius 1 is 1.53 bits per heavy atom. The van der Waals surface area contributed by atoms with Gasteiger partial charge in [-0.15, -0.1) is 0 Å². The van der Waals surface area contributed by atoms with Gasteiger partial charge in [-0.3, -0.25) is 9.46 Å². The van der Waals surface area contributed by atoms with Crippen LogP contribution in [-0.4, -0.2) is 44.8 Å². The molecule has 0 spiro atoms. The lowest BCUT2D eigenvalue weighted by Crippen LogP contribution is -2.42. The first-order valence-corrected chi connectivity index (χ1v) is 6.27. The number of nitrogens with two attached hydrogens (primary N) is 1. The normalized spacial score (nSPS) is 13.6. The van der Waals surface area contributed by atoms with Crippen molar-refractivity contribution in [3.05, 3.63) is 0 Å². The van der Waals surface area contributed by atoms with Crippen LogP contribution in [0.15, 0.2) is 0 Å². The van der Waals surface area contributed by atoms with Gasteiger partial charge in [0.05, 0.1) is 0 Å². The van der Waals surface area contributed by atoms with Crippen LogP contribution in [-0.2, 0) is 4.57 Å². The smallest absolute Gasteiger partial charge is 0.408 e. The van der Waals surface area contributed by atoms with Crippen molar-refractivity contribution in [3.63, 3.8) is 0 Å². The number of carboxylic acid groups (broad SMARTS) is 1. The second-order valence-corrected chi connectivity index (χ2v) is 4.90. The summed E-state index contributed by atoms with van der Waals surface area (Å²) in [5.41, 5.74) is 5.19. The minimum Gasteiger partial charge on any atom is -0.465 e. The molecule has 0 aliphatic carbocycles. The van der Waals surface area contributed by atoms with Crippen molar-refractivity contribution in [2.24, 2.45) is 5.73 Å². The van der Waals surface area contributed by atoms with Gasteiger partial charge in [0, 0.05) is 13.1 Å². The van der Waals surface area contributed by atoms with Gasteiger partial charge in [0.1, 0.15) is 5.78 Å². The molecule has 0 heterocycles. The standard InChI is InChI=1S/C7H17N2O5P/c1-2-3-6(15(12,13)14)9(5-4-8)7(10)11/h6H,2-5,8H2,1H3,(H,10,11)(H2,12,13,14). The number of nitrogens with zero attached hydrogens (tertiary/aromatic N) is 1. The third kappa shape index (κ3) is 4.61. The summed E-state index contributed by atoms with van der Waals surface area (Å²) in [7, 11) is -4.44. The second-order valence-electron chi connectivity index (χ2n) is 3.12. The van der Waals surface area contributed by atoms with E-state index in [9.17, 15) is 9.36 Å². The minimum atomic E-state index is -4.44. The lowest BCUT2D eigenvalue weighted by Gasteiger charge is -2.29. The second kappa shape index (κ2) is 6.07. The highest BCUT2D eigenvalue weighted by molar-refractivity contribution is 7.52. The molecule has 90 valence electrons. The molecule has 0 aliphatic rings. The maximum Gasteiger partial charge on any atom is 0.408 e. The average Bonchev–Trinajstić information content (AvgIpc) is 2.09. The first-order valence-electron chi connectivity index (χ1n) is 4.59. The summed E-state index contributed by atoms with van der Waals surface area (Å²) in [6.07, 6.45) is -0.747. The third-order valence-electron chi connectivity index (χ3n) is 1.91. The van der Waals surface area contributed by atoms with Gasteiger partial charge in [-0.05, 0) is 6.42 Å². The summed E-state index contributed by atoms with van der Waals surface area (Å²) in [4.78, 5) is 29.5. The van der Waals surface area contributed by atoms with Gasteiger partial charge in [0.25, 0.3) is 0 Å².